The number of carbonyl (C=O) groups excluding carboxylic acids is 1. The van der Waals surface area contributed by atoms with Gasteiger partial charge in [0.25, 0.3) is 5.91 Å². The summed E-state index contributed by atoms with van der Waals surface area (Å²) in [6, 6.07) is 10.1. The summed E-state index contributed by atoms with van der Waals surface area (Å²) in [4.78, 5) is 20.3. The van der Waals surface area contributed by atoms with Crippen LogP contribution < -0.4 is 5.32 Å². The first-order valence-corrected chi connectivity index (χ1v) is 7.39. The Morgan fingerprint density at radius 3 is 2.75 bits per heavy atom. The fourth-order valence-electron chi connectivity index (χ4n) is 1.94. The predicted octanol–water partition coefficient (Wildman–Crippen LogP) is 2.37. The summed E-state index contributed by atoms with van der Waals surface area (Å²) in [6.07, 6.45) is 2.51. The summed E-state index contributed by atoms with van der Waals surface area (Å²) in [5, 5.41) is 2.93. The summed E-state index contributed by atoms with van der Waals surface area (Å²) in [7, 11) is 0. The van der Waals surface area contributed by atoms with E-state index in [1.165, 1.54) is 5.56 Å². The van der Waals surface area contributed by atoms with Gasteiger partial charge in [-0.1, -0.05) is 46.3 Å². The molecule has 2 unspecified atom stereocenters. The van der Waals surface area contributed by atoms with E-state index in [-0.39, 0.29) is 22.1 Å². The number of alkyl halides is 1. The highest BCUT2D eigenvalue weighted by Crippen LogP contribution is 2.17. The van der Waals surface area contributed by atoms with Gasteiger partial charge in [-0.15, -0.1) is 0 Å². The van der Waals surface area contributed by atoms with Crippen molar-refractivity contribution in [2.45, 2.75) is 30.6 Å². The van der Waals surface area contributed by atoms with Gasteiger partial charge in [0, 0.05) is 12.3 Å². The van der Waals surface area contributed by atoms with E-state index >= 15 is 0 Å². The minimum Gasteiger partial charge on any atom is -0.347 e. The Balaban J connectivity index is 1.89. The molecule has 2 atom stereocenters. The second kappa shape index (κ2) is 6.31. The number of hydrogen-bond donors (Lipinski definition) is 1. The smallest absolute Gasteiger partial charge is 0.288 e. The average Bonchev–Trinajstić information content (AvgIpc) is 2.39. The molecule has 0 fully saturated rings. The SMILES string of the molecule is CC(Cc1ccccc1)NC(=O)C1=NCC(C)(Br)C=N1. The van der Waals surface area contributed by atoms with E-state index in [0.717, 1.165) is 6.42 Å². The van der Waals surface area contributed by atoms with Crippen LogP contribution in [0.2, 0.25) is 0 Å². The van der Waals surface area contributed by atoms with Gasteiger partial charge in [-0.25, -0.2) is 4.99 Å². The lowest BCUT2D eigenvalue weighted by Crippen LogP contribution is -2.40. The third-order valence-electron chi connectivity index (χ3n) is 2.96. The Labute approximate surface area is 127 Å². The molecule has 0 radical (unpaired) electrons. The first-order valence-electron chi connectivity index (χ1n) is 6.60. The maximum atomic E-state index is 12.0. The average molecular weight is 336 g/mol. The highest BCUT2D eigenvalue weighted by atomic mass is 79.9. The molecule has 1 N–H and O–H groups in total. The molecule has 5 heteroatoms. The normalized spacial score (nSPS) is 23.1. The van der Waals surface area contributed by atoms with Gasteiger partial charge in [-0.2, -0.15) is 0 Å². The van der Waals surface area contributed by atoms with Crippen molar-refractivity contribution in [3.05, 3.63) is 35.9 Å². The molecule has 0 saturated carbocycles. The minimum absolute atomic E-state index is 0.0417. The Bertz CT molecular complexity index is 537. The molecule has 0 aromatic heterocycles. The van der Waals surface area contributed by atoms with Gasteiger partial charge in [-0.05, 0) is 25.8 Å². The van der Waals surface area contributed by atoms with Crippen molar-refractivity contribution in [1.29, 1.82) is 0 Å². The molecular formula is C15H18BrN3O. The third kappa shape index (κ3) is 4.27. The summed E-state index contributed by atoms with van der Waals surface area (Å²) in [5.74, 6) is 0.0366. The van der Waals surface area contributed by atoms with E-state index in [2.05, 4.69) is 43.4 Å². The predicted molar refractivity (Wildman–Crippen MR) is 85.9 cm³/mol. The lowest BCUT2D eigenvalue weighted by Gasteiger charge is -2.19. The van der Waals surface area contributed by atoms with Crippen LogP contribution in [0.15, 0.2) is 40.3 Å². The molecule has 0 bridgehead atoms. The van der Waals surface area contributed by atoms with E-state index in [1.54, 1.807) is 6.21 Å². The molecule has 1 heterocycles. The number of halogens is 1. The molecule has 0 spiro atoms. The van der Waals surface area contributed by atoms with Gasteiger partial charge in [0.15, 0.2) is 0 Å². The van der Waals surface area contributed by atoms with E-state index in [9.17, 15) is 4.79 Å². The Hall–Kier alpha value is -1.49. The van der Waals surface area contributed by atoms with E-state index in [0.29, 0.717) is 6.54 Å². The molecule has 1 aromatic rings. The highest BCUT2D eigenvalue weighted by molar-refractivity contribution is 9.10. The number of amides is 1. The van der Waals surface area contributed by atoms with Crippen LogP contribution in [-0.2, 0) is 11.2 Å². The van der Waals surface area contributed by atoms with Crippen LogP contribution in [0.5, 0.6) is 0 Å². The number of hydrogen-bond acceptors (Lipinski definition) is 3. The summed E-state index contributed by atoms with van der Waals surface area (Å²) in [5.41, 5.74) is 1.20. The second-order valence-electron chi connectivity index (χ2n) is 5.24. The molecule has 20 heavy (non-hydrogen) atoms. The van der Waals surface area contributed by atoms with Crippen LogP contribution in [-0.4, -0.2) is 34.9 Å². The van der Waals surface area contributed by atoms with Crippen LogP contribution >= 0.6 is 15.9 Å². The largest absolute Gasteiger partial charge is 0.347 e. The zero-order valence-electron chi connectivity index (χ0n) is 11.6. The van der Waals surface area contributed by atoms with Crippen LogP contribution in [0, 0.1) is 0 Å². The number of rotatable bonds is 4. The zero-order chi connectivity index (χ0) is 14.6. The molecule has 106 valence electrons. The first-order chi connectivity index (χ1) is 9.46. The number of benzene rings is 1. The topological polar surface area (TPSA) is 53.8 Å². The standard InChI is InChI=1S/C15H18BrN3O/c1-11(8-12-6-4-3-5-7-12)19-14(20)13-17-9-15(2,16)10-18-13/h3-7,9,11H,8,10H2,1-2H3,(H,19,20). The van der Waals surface area contributed by atoms with Crippen molar-refractivity contribution in [3.63, 3.8) is 0 Å². The summed E-state index contributed by atoms with van der Waals surface area (Å²) in [6.45, 7) is 4.46. The first kappa shape index (κ1) is 14.9. The molecular weight excluding hydrogens is 318 g/mol. The molecule has 0 saturated heterocycles. The number of carbonyl (C=O) groups is 1. The minimum atomic E-state index is -0.244. The Morgan fingerprint density at radius 2 is 2.15 bits per heavy atom. The van der Waals surface area contributed by atoms with Crippen LogP contribution in [0.4, 0.5) is 0 Å². The maximum Gasteiger partial charge on any atom is 0.288 e. The van der Waals surface area contributed by atoms with Crippen LogP contribution in [0.1, 0.15) is 19.4 Å². The number of amidine groups is 1. The van der Waals surface area contributed by atoms with Crippen molar-refractivity contribution in [3.8, 4) is 0 Å². The molecule has 1 aliphatic rings. The van der Waals surface area contributed by atoms with Crippen LogP contribution in [0.3, 0.4) is 0 Å². The van der Waals surface area contributed by atoms with Gasteiger partial charge >= 0.3 is 0 Å². The van der Waals surface area contributed by atoms with Crippen LogP contribution in [0.25, 0.3) is 0 Å². The summed E-state index contributed by atoms with van der Waals surface area (Å²) < 4.78 is -0.244. The monoisotopic (exact) mass is 335 g/mol. The molecule has 1 aromatic carbocycles. The number of nitrogens with one attached hydrogen (secondary N) is 1. The molecule has 2 rings (SSSR count). The van der Waals surface area contributed by atoms with Crippen molar-refractivity contribution in [2.24, 2.45) is 9.98 Å². The van der Waals surface area contributed by atoms with E-state index < -0.39 is 0 Å². The molecule has 1 aliphatic heterocycles. The molecule has 1 amide bonds. The van der Waals surface area contributed by atoms with E-state index in [4.69, 9.17) is 0 Å². The van der Waals surface area contributed by atoms with Crippen molar-refractivity contribution >= 4 is 33.9 Å². The van der Waals surface area contributed by atoms with Gasteiger partial charge in [0.05, 0.1) is 10.9 Å². The fourth-order valence-corrected chi connectivity index (χ4v) is 2.17. The zero-order valence-corrected chi connectivity index (χ0v) is 13.2. The fraction of sp³-hybridized carbons (Fsp3) is 0.400. The molecule has 0 aliphatic carbocycles. The van der Waals surface area contributed by atoms with Gasteiger partial charge in [-0.3, -0.25) is 9.79 Å². The lowest BCUT2D eigenvalue weighted by molar-refractivity contribution is -0.115. The Kier molecular flexibility index (Phi) is 4.70. The van der Waals surface area contributed by atoms with Gasteiger partial charge in [0.1, 0.15) is 0 Å². The third-order valence-corrected chi connectivity index (χ3v) is 3.41. The van der Waals surface area contributed by atoms with Gasteiger partial charge in [0.2, 0.25) is 5.84 Å². The lowest BCUT2D eigenvalue weighted by atomic mass is 10.1. The summed E-state index contributed by atoms with van der Waals surface area (Å²) >= 11 is 3.48. The maximum absolute atomic E-state index is 12.0. The second-order valence-corrected chi connectivity index (χ2v) is 7.05. The van der Waals surface area contributed by atoms with Crippen molar-refractivity contribution < 1.29 is 4.79 Å². The van der Waals surface area contributed by atoms with Crippen molar-refractivity contribution in [2.75, 3.05) is 6.54 Å². The highest BCUT2D eigenvalue weighted by Gasteiger charge is 2.24. The van der Waals surface area contributed by atoms with E-state index in [1.807, 2.05) is 32.0 Å². The van der Waals surface area contributed by atoms with Gasteiger partial charge < -0.3 is 5.32 Å². The number of nitrogens with zero attached hydrogens (tertiary/aromatic N) is 2. The quantitative estimate of drug-likeness (QED) is 0.844. The van der Waals surface area contributed by atoms with Crippen molar-refractivity contribution in [1.82, 2.24) is 5.32 Å². The number of aliphatic imine (C=N–C) groups is 2. The molecule has 4 nitrogen and oxygen atoms in total. The Morgan fingerprint density at radius 1 is 1.45 bits per heavy atom.